The van der Waals surface area contributed by atoms with Crippen molar-refractivity contribution in [2.24, 2.45) is 10.9 Å². The average molecular weight is 416 g/mol. The smallest absolute Gasteiger partial charge is 0.193 e. The highest BCUT2D eigenvalue weighted by Gasteiger charge is 2.36. The molecule has 6 heteroatoms. The van der Waals surface area contributed by atoms with Crippen LogP contribution in [0.1, 0.15) is 31.2 Å². The molecule has 2 saturated heterocycles. The van der Waals surface area contributed by atoms with Crippen LogP contribution in [-0.2, 0) is 11.3 Å². The van der Waals surface area contributed by atoms with Gasteiger partial charge in [-0.15, -0.1) is 0 Å². The van der Waals surface area contributed by atoms with Gasteiger partial charge in [-0.05, 0) is 57.3 Å². The van der Waals surface area contributed by atoms with Gasteiger partial charge in [-0.3, -0.25) is 9.89 Å². The normalized spacial score (nSPS) is 22.9. The molecule has 3 rings (SSSR count). The summed E-state index contributed by atoms with van der Waals surface area (Å²) in [6.07, 6.45) is 5.00. The fourth-order valence-electron chi connectivity index (χ4n) is 4.95. The van der Waals surface area contributed by atoms with Gasteiger partial charge in [0.15, 0.2) is 5.96 Å². The molecule has 0 aromatic heterocycles. The minimum absolute atomic E-state index is 0.711. The van der Waals surface area contributed by atoms with Crippen molar-refractivity contribution in [2.75, 3.05) is 67.1 Å². The Hall–Kier alpha value is -1.63. The van der Waals surface area contributed by atoms with Gasteiger partial charge in [-0.2, -0.15) is 0 Å². The molecule has 1 N–H and O–H groups in total. The molecule has 0 amide bonds. The van der Waals surface area contributed by atoms with Crippen molar-refractivity contribution in [3.05, 3.63) is 35.9 Å². The third-order valence-electron chi connectivity index (χ3n) is 6.60. The van der Waals surface area contributed by atoms with Crippen LogP contribution in [-0.4, -0.2) is 93.8 Å². The molecule has 0 saturated carbocycles. The molecule has 6 nitrogen and oxygen atoms in total. The Kier molecular flexibility index (Phi) is 9.43. The Morgan fingerprint density at radius 3 is 2.80 bits per heavy atom. The van der Waals surface area contributed by atoms with E-state index in [-0.39, 0.29) is 0 Å². The van der Waals surface area contributed by atoms with E-state index < -0.39 is 0 Å². The molecule has 2 fully saturated rings. The number of methoxy groups -OCH3 is 1. The second-order valence-corrected chi connectivity index (χ2v) is 8.78. The summed E-state index contributed by atoms with van der Waals surface area (Å²) < 4.78 is 5.15. The van der Waals surface area contributed by atoms with Gasteiger partial charge in [0.1, 0.15) is 0 Å². The van der Waals surface area contributed by atoms with Gasteiger partial charge >= 0.3 is 0 Å². The number of hydrogen-bond acceptors (Lipinski definition) is 4. The zero-order valence-corrected chi connectivity index (χ0v) is 19.2. The monoisotopic (exact) mass is 415 g/mol. The number of likely N-dealkylation sites (N-methyl/N-ethyl adjacent to an activating group) is 1. The predicted molar refractivity (Wildman–Crippen MR) is 125 cm³/mol. The second-order valence-electron chi connectivity index (χ2n) is 8.78. The van der Waals surface area contributed by atoms with Crippen LogP contribution < -0.4 is 5.32 Å². The van der Waals surface area contributed by atoms with Crippen LogP contribution in [0, 0.1) is 5.92 Å². The van der Waals surface area contributed by atoms with Crippen molar-refractivity contribution in [3.8, 4) is 0 Å². The van der Waals surface area contributed by atoms with Gasteiger partial charge in [0.2, 0.25) is 0 Å². The summed E-state index contributed by atoms with van der Waals surface area (Å²) in [5.41, 5.74) is 1.44. The van der Waals surface area contributed by atoms with E-state index in [1.807, 2.05) is 7.05 Å². The number of fused-ring (bicyclic) bond motifs is 1. The standard InChI is InChI=1S/C24H41N5O/c1-25-24(26-13-8-14-27(2)17-18-30-3)29-16-12-23-22(20-29)11-7-15-28(23)19-21-9-5-4-6-10-21/h4-6,9-10,22-23H,7-8,11-20H2,1-3H3,(H,25,26). The second kappa shape index (κ2) is 12.3. The molecule has 1 aromatic carbocycles. The Bertz CT molecular complexity index is 638. The van der Waals surface area contributed by atoms with E-state index in [4.69, 9.17) is 4.74 Å². The quantitative estimate of drug-likeness (QED) is 0.381. The van der Waals surface area contributed by atoms with Crippen LogP contribution in [0.5, 0.6) is 0 Å². The number of aliphatic imine (C=N–C) groups is 1. The Morgan fingerprint density at radius 2 is 2.03 bits per heavy atom. The van der Waals surface area contributed by atoms with E-state index in [0.29, 0.717) is 6.04 Å². The summed E-state index contributed by atoms with van der Waals surface area (Å²) in [5, 5.41) is 3.60. The molecule has 0 bridgehead atoms. The first kappa shape index (κ1) is 23.0. The summed E-state index contributed by atoms with van der Waals surface area (Å²) in [6.45, 7) is 8.37. The van der Waals surface area contributed by atoms with Crippen LogP contribution in [0.2, 0.25) is 0 Å². The van der Waals surface area contributed by atoms with Crippen LogP contribution in [0.4, 0.5) is 0 Å². The number of benzene rings is 1. The number of rotatable bonds is 9. The number of likely N-dealkylation sites (tertiary alicyclic amines) is 2. The maximum atomic E-state index is 5.15. The first-order chi connectivity index (χ1) is 14.7. The number of nitrogens with one attached hydrogen (secondary N) is 1. The zero-order valence-electron chi connectivity index (χ0n) is 19.2. The Balaban J connectivity index is 1.45. The average Bonchev–Trinajstić information content (AvgIpc) is 2.78. The largest absolute Gasteiger partial charge is 0.383 e. The highest BCUT2D eigenvalue weighted by atomic mass is 16.5. The number of hydrogen-bond donors (Lipinski definition) is 1. The van der Waals surface area contributed by atoms with Crippen LogP contribution in [0.25, 0.3) is 0 Å². The van der Waals surface area contributed by atoms with E-state index in [2.05, 4.69) is 62.4 Å². The first-order valence-electron chi connectivity index (χ1n) is 11.6. The summed E-state index contributed by atoms with van der Waals surface area (Å²) in [7, 11) is 5.83. The van der Waals surface area contributed by atoms with E-state index in [9.17, 15) is 0 Å². The minimum atomic E-state index is 0.711. The SMILES string of the molecule is CN=C(NCCCN(C)CCOC)N1CCC2C(CCCN2Cc2ccccc2)C1. The van der Waals surface area contributed by atoms with Crippen molar-refractivity contribution in [2.45, 2.75) is 38.3 Å². The molecule has 30 heavy (non-hydrogen) atoms. The molecule has 2 unspecified atom stereocenters. The molecule has 168 valence electrons. The number of piperidine rings is 2. The van der Waals surface area contributed by atoms with Crippen molar-refractivity contribution in [1.82, 2.24) is 20.0 Å². The minimum Gasteiger partial charge on any atom is -0.383 e. The Morgan fingerprint density at radius 1 is 1.20 bits per heavy atom. The van der Waals surface area contributed by atoms with Crippen molar-refractivity contribution in [3.63, 3.8) is 0 Å². The number of ether oxygens (including phenoxy) is 1. The molecule has 0 spiro atoms. The number of nitrogens with zero attached hydrogens (tertiary/aromatic N) is 4. The predicted octanol–water partition coefficient (Wildman–Crippen LogP) is 2.52. The molecule has 0 radical (unpaired) electrons. The molecule has 2 aliphatic heterocycles. The molecule has 1 aromatic rings. The van der Waals surface area contributed by atoms with Gasteiger partial charge in [-0.25, -0.2) is 0 Å². The first-order valence-corrected chi connectivity index (χ1v) is 11.6. The highest BCUT2D eigenvalue weighted by molar-refractivity contribution is 5.80. The van der Waals surface area contributed by atoms with Gasteiger partial charge < -0.3 is 19.9 Å². The summed E-state index contributed by atoms with van der Waals surface area (Å²) in [4.78, 5) is 12.1. The maximum Gasteiger partial charge on any atom is 0.193 e. The molecule has 2 atom stereocenters. The topological polar surface area (TPSA) is 43.3 Å². The Labute approximate surface area is 183 Å². The van der Waals surface area contributed by atoms with E-state index >= 15 is 0 Å². The highest BCUT2D eigenvalue weighted by Crippen LogP contribution is 2.31. The lowest BCUT2D eigenvalue weighted by Gasteiger charge is -2.48. The van der Waals surface area contributed by atoms with Crippen LogP contribution in [0.3, 0.4) is 0 Å². The lowest BCUT2D eigenvalue weighted by Crippen LogP contribution is -2.56. The lowest BCUT2D eigenvalue weighted by atomic mass is 9.83. The molecule has 2 aliphatic rings. The third-order valence-corrected chi connectivity index (χ3v) is 6.60. The van der Waals surface area contributed by atoms with E-state index in [0.717, 1.165) is 64.2 Å². The summed E-state index contributed by atoms with van der Waals surface area (Å²) in [5.74, 6) is 1.82. The van der Waals surface area contributed by atoms with Crippen molar-refractivity contribution < 1.29 is 4.74 Å². The fraction of sp³-hybridized carbons (Fsp3) is 0.708. The van der Waals surface area contributed by atoms with Crippen LogP contribution in [0.15, 0.2) is 35.3 Å². The summed E-state index contributed by atoms with van der Waals surface area (Å²) >= 11 is 0. The van der Waals surface area contributed by atoms with Gasteiger partial charge in [0.25, 0.3) is 0 Å². The third kappa shape index (κ3) is 6.69. The molecule has 2 heterocycles. The fourth-order valence-corrected chi connectivity index (χ4v) is 4.95. The zero-order chi connectivity index (χ0) is 21.2. The molecular formula is C24H41N5O. The van der Waals surface area contributed by atoms with Crippen molar-refractivity contribution in [1.29, 1.82) is 0 Å². The van der Waals surface area contributed by atoms with E-state index in [1.165, 1.54) is 31.4 Å². The van der Waals surface area contributed by atoms with Crippen LogP contribution >= 0.6 is 0 Å². The number of guanidine groups is 1. The van der Waals surface area contributed by atoms with Gasteiger partial charge in [0, 0.05) is 52.9 Å². The maximum absolute atomic E-state index is 5.15. The van der Waals surface area contributed by atoms with Gasteiger partial charge in [-0.1, -0.05) is 30.3 Å². The summed E-state index contributed by atoms with van der Waals surface area (Å²) in [6, 6.07) is 11.7. The van der Waals surface area contributed by atoms with E-state index in [1.54, 1.807) is 7.11 Å². The molecular weight excluding hydrogens is 374 g/mol. The molecule has 0 aliphatic carbocycles. The lowest BCUT2D eigenvalue weighted by molar-refractivity contribution is 0.0372. The van der Waals surface area contributed by atoms with Gasteiger partial charge in [0.05, 0.1) is 6.61 Å². The van der Waals surface area contributed by atoms with Crippen molar-refractivity contribution >= 4 is 5.96 Å².